The van der Waals surface area contributed by atoms with E-state index in [0.717, 1.165) is 24.5 Å². The molecule has 1 fully saturated rings. The van der Waals surface area contributed by atoms with Gasteiger partial charge in [-0.2, -0.15) is 0 Å². The minimum Gasteiger partial charge on any atom is -0.545 e. The molecule has 1 aliphatic rings. The minimum atomic E-state index is -2.54. The van der Waals surface area contributed by atoms with E-state index in [1.807, 2.05) is 6.92 Å². The van der Waals surface area contributed by atoms with E-state index in [1.165, 1.54) is 0 Å². The van der Waals surface area contributed by atoms with Crippen LogP contribution in [-0.4, -0.2) is 14.7 Å². The van der Waals surface area contributed by atoms with E-state index in [2.05, 4.69) is 18.2 Å². The van der Waals surface area contributed by atoms with Crippen molar-refractivity contribution in [3.63, 3.8) is 0 Å². The normalized spacial score (nSPS) is 23.4. The van der Waals surface area contributed by atoms with Gasteiger partial charge in [0.05, 0.1) is 5.76 Å². The molecule has 6 heteroatoms. The van der Waals surface area contributed by atoms with Gasteiger partial charge in [0.2, 0.25) is 0 Å². The summed E-state index contributed by atoms with van der Waals surface area (Å²) >= 11 is 0. The van der Waals surface area contributed by atoms with Gasteiger partial charge in [-0.15, -0.1) is 0 Å². The average Bonchev–Trinajstić information content (AvgIpc) is 2.18. The molecule has 4 nitrogen and oxygen atoms in total. The van der Waals surface area contributed by atoms with Crippen LogP contribution >= 0.6 is 7.83 Å². The first-order valence-corrected chi connectivity index (χ1v) is 8.12. The van der Waals surface area contributed by atoms with Gasteiger partial charge in [0.15, 0.2) is 0 Å². The van der Waals surface area contributed by atoms with Crippen LogP contribution in [-0.2, 0) is 13.6 Å². The molecule has 0 radical (unpaired) electrons. The number of hydrogen-bond donors (Lipinski definition) is 1. The zero-order chi connectivity index (χ0) is 11.4. The summed E-state index contributed by atoms with van der Waals surface area (Å²) in [5.74, 6) is 0.638. The molecule has 0 aromatic rings. The lowest BCUT2D eigenvalue weighted by molar-refractivity contribution is 0.402. The summed E-state index contributed by atoms with van der Waals surface area (Å²) in [6, 6.07) is 0.923. The summed E-state index contributed by atoms with van der Waals surface area (Å²) < 4.78 is 26.9. The van der Waals surface area contributed by atoms with Crippen LogP contribution in [0.15, 0.2) is 24.5 Å². The fourth-order valence-electron chi connectivity index (χ4n) is 1.64. The van der Waals surface area contributed by atoms with Gasteiger partial charge in [-0.25, -0.2) is 14.2 Å². The second-order valence-electron chi connectivity index (χ2n) is 3.62. The van der Waals surface area contributed by atoms with Gasteiger partial charge >= 0.3 is 7.83 Å². The van der Waals surface area contributed by atoms with Crippen molar-refractivity contribution in [2.75, 3.05) is 0 Å². The molecule has 0 aromatic heterocycles. The molecule has 1 aliphatic heterocycles. The Labute approximate surface area is 92.0 Å². The van der Waals surface area contributed by atoms with E-state index >= 15 is 0 Å². The maximum atomic E-state index is 10.6. The summed E-state index contributed by atoms with van der Waals surface area (Å²) in [5, 5.41) is 2.55. The molecule has 0 spiro atoms. The van der Waals surface area contributed by atoms with E-state index in [0.29, 0.717) is 5.76 Å². The quantitative estimate of drug-likeness (QED) is 0.609. The summed E-state index contributed by atoms with van der Waals surface area (Å²) in [6.45, 7) is 9.57. The molecule has 1 heterocycles. The van der Waals surface area contributed by atoms with E-state index in [4.69, 9.17) is 4.43 Å². The lowest BCUT2D eigenvalue weighted by Crippen LogP contribution is -2.42. The van der Waals surface area contributed by atoms with Crippen molar-refractivity contribution in [2.45, 2.75) is 31.5 Å². The predicted octanol–water partition coefficient (Wildman–Crippen LogP) is 2.20. The Kier molecular flexibility index (Phi) is 4.51. The summed E-state index contributed by atoms with van der Waals surface area (Å²) in [6.07, 6.45) is 1.64. The minimum absolute atomic E-state index is 0.0315. The van der Waals surface area contributed by atoms with E-state index in [-0.39, 0.29) is 5.67 Å². The molecular weight excluding hydrogens is 229 g/mol. The number of hydrogen-bond acceptors (Lipinski definition) is 3. The van der Waals surface area contributed by atoms with Gasteiger partial charge in [0.25, 0.3) is 9.04 Å². The lowest BCUT2D eigenvalue weighted by Gasteiger charge is -2.30. The van der Waals surface area contributed by atoms with Gasteiger partial charge in [-0.3, -0.25) is 0 Å². The SMILES string of the molecule is C=C1CC[SiH](C(CC)NP(=O)=O)OC1=C. The summed E-state index contributed by atoms with van der Waals surface area (Å²) in [4.78, 5) is 0. The molecular formula is C9H16NO3PSi. The Morgan fingerprint density at radius 3 is 2.73 bits per heavy atom. The molecule has 1 rings (SSSR count). The second kappa shape index (κ2) is 5.44. The number of allylic oxidation sites excluding steroid dienone is 1. The van der Waals surface area contributed by atoms with Gasteiger partial charge in [0.1, 0.15) is 0 Å². The first kappa shape index (κ1) is 12.4. The monoisotopic (exact) mass is 245 g/mol. The zero-order valence-electron chi connectivity index (χ0n) is 8.86. The molecule has 15 heavy (non-hydrogen) atoms. The molecule has 84 valence electrons. The van der Waals surface area contributed by atoms with Crippen LogP contribution in [0.4, 0.5) is 0 Å². The van der Waals surface area contributed by atoms with Crippen molar-refractivity contribution in [2.24, 2.45) is 0 Å². The molecule has 1 saturated heterocycles. The van der Waals surface area contributed by atoms with Crippen LogP contribution < -0.4 is 5.09 Å². The van der Waals surface area contributed by atoms with Crippen LogP contribution in [0.1, 0.15) is 19.8 Å². The summed E-state index contributed by atoms with van der Waals surface area (Å²) in [7, 11) is -4.09. The maximum absolute atomic E-state index is 10.6. The van der Waals surface area contributed by atoms with Gasteiger partial charge in [0, 0.05) is 5.67 Å². The van der Waals surface area contributed by atoms with Crippen molar-refractivity contribution >= 4 is 16.9 Å². The van der Waals surface area contributed by atoms with Crippen molar-refractivity contribution in [3.8, 4) is 0 Å². The first-order chi connectivity index (χ1) is 7.04. The van der Waals surface area contributed by atoms with Crippen molar-refractivity contribution in [3.05, 3.63) is 24.5 Å². The van der Waals surface area contributed by atoms with Crippen LogP contribution in [0.2, 0.25) is 6.04 Å². The molecule has 2 atom stereocenters. The van der Waals surface area contributed by atoms with Crippen LogP contribution in [0.25, 0.3) is 0 Å². The first-order valence-electron chi connectivity index (χ1n) is 4.98. The van der Waals surface area contributed by atoms with E-state index in [9.17, 15) is 9.13 Å². The highest BCUT2D eigenvalue weighted by Crippen LogP contribution is 2.26. The molecule has 0 aliphatic carbocycles. The Bertz CT molecular complexity index is 332. The molecule has 2 unspecified atom stereocenters. The lowest BCUT2D eigenvalue weighted by atomic mass is 10.2. The van der Waals surface area contributed by atoms with Crippen molar-refractivity contribution in [1.82, 2.24) is 5.09 Å². The van der Waals surface area contributed by atoms with Crippen molar-refractivity contribution < 1.29 is 13.6 Å². The number of rotatable bonds is 4. The highest BCUT2D eigenvalue weighted by molar-refractivity contribution is 7.28. The molecule has 0 bridgehead atoms. The third-order valence-corrected chi connectivity index (χ3v) is 6.38. The largest absolute Gasteiger partial charge is 0.545 e. The smallest absolute Gasteiger partial charge is 0.396 e. The third kappa shape index (κ3) is 3.45. The Hall–Kier alpha value is -0.643. The molecule has 0 aromatic carbocycles. The number of nitrogens with one attached hydrogen (secondary N) is 1. The molecule has 1 N–H and O–H groups in total. The van der Waals surface area contributed by atoms with Crippen LogP contribution in [0.5, 0.6) is 0 Å². The fraction of sp³-hybridized carbons (Fsp3) is 0.556. The second-order valence-corrected chi connectivity index (χ2v) is 7.09. The van der Waals surface area contributed by atoms with Gasteiger partial charge in [-0.05, 0) is 24.5 Å². The maximum Gasteiger partial charge on any atom is 0.396 e. The predicted molar refractivity (Wildman–Crippen MR) is 61.4 cm³/mol. The van der Waals surface area contributed by atoms with Crippen LogP contribution in [0, 0.1) is 0 Å². The Morgan fingerprint density at radius 2 is 2.27 bits per heavy atom. The standard InChI is InChI=1S/C9H16NO3PSi/c1-4-9(10-14(11)12)15-6-5-7(2)8(3)13-15/h9,15H,2-6H2,1H3,(H,10,11,12). The summed E-state index contributed by atoms with van der Waals surface area (Å²) in [5.41, 5.74) is 0.899. The molecule has 0 amide bonds. The Balaban J connectivity index is 2.62. The van der Waals surface area contributed by atoms with Gasteiger partial charge in [-0.1, -0.05) is 20.1 Å². The Morgan fingerprint density at radius 1 is 1.60 bits per heavy atom. The zero-order valence-corrected chi connectivity index (χ0v) is 10.9. The highest BCUT2D eigenvalue weighted by Gasteiger charge is 2.29. The highest BCUT2D eigenvalue weighted by atomic mass is 31.1. The van der Waals surface area contributed by atoms with Crippen LogP contribution in [0.3, 0.4) is 0 Å². The van der Waals surface area contributed by atoms with Crippen molar-refractivity contribution in [1.29, 1.82) is 0 Å². The van der Waals surface area contributed by atoms with Gasteiger partial charge < -0.3 is 4.43 Å². The molecule has 0 saturated carbocycles. The van der Waals surface area contributed by atoms with E-state index < -0.39 is 16.9 Å². The fourth-order valence-corrected chi connectivity index (χ4v) is 5.50. The third-order valence-electron chi connectivity index (χ3n) is 2.58. The average molecular weight is 245 g/mol. The topological polar surface area (TPSA) is 55.4 Å². The van der Waals surface area contributed by atoms with E-state index in [1.54, 1.807) is 0 Å².